The van der Waals surface area contributed by atoms with E-state index < -0.39 is 0 Å². The van der Waals surface area contributed by atoms with Crippen molar-refractivity contribution in [2.45, 2.75) is 13.8 Å². The quantitative estimate of drug-likeness (QED) is 0.631. The Hall–Kier alpha value is -3.34. The van der Waals surface area contributed by atoms with E-state index in [4.69, 9.17) is 0 Å². The third-order valence-corrected chi connectivity index (χ3v) is 4.40. The van der Waals surface area contributed by atoms with Gasteiger partial charge >= 0.3 is 0 Å². The predicted octanol–water partition coefficient (Wildman–Crippen LogP) is 3.87. The number of phenolic OH excluding ortho intramolecular Hbond substituents is 3. The Morgan fingerprint density at radius 2 is 1.40 bits per heavy atom. The average molecular weight is 336 g/mol. The lowest BCUT2D eigenvalue weighted by Gasteiger charge is -2.16. The van der Waals surface area contributed by atoms with Gasteiger partial charge in [-0.3, -0.25) is 9.59 Å². The molecule has 0 aliphatic carbocycles. The van der Waals surface area contributed by atoms with Crippen LogP contribution < -0.4 is 0 Å². The molecular weight excluding hydrogens is 320 g/mol. The molecule has 3 rings (SSSR count). The smallest absolute Gasteiger partial charge is 0.154 e. The van der Waals surface area contributed by atoms with Crippen LogP contribution >= 0.6 is 0 Å². The largest absolute Gasteiger partial charge is 0.508 e. The number of carbonyl (C=O) groups excluding carboxylic acids is 2. The summed E-state index contributed by atoms with van der Waals surface area (Å²) in [5, 5.41) is 30.9. The highest BCUT2D eigenvalue weighted by atomic mass is 16.3. The van der Waals surface area contributed by atoms with Crippen molar-refractivity contribution in [3.05, 3.63) is 52.6 Å². The number of carbonyl (C=O) groups is 2. The zero-order chi connectivity index (χ0) is 18.3. The molecule has 5 nitrogen and oxygen atoms in total. The topological polar surface area (TPSA) is 94.8 Å². The monoisotopic (exact) mass is 336 g/mol. The summed E-state index contributed by atoms with van der Waals surface area (Å²) in [7, 11) is 0. The first kappa shape index (κ1) is 16.5. The van der Waals surface area contributed by atoms with Crippen LogP contribution in [-0.4, -0.2) is 27.9 Å². The molecule has 0 bridgehead atoms. The lowest BCUT2D eigenvalue weighted by Crippen LogP contribution is -1.99. The van der Waals surface area contributed by atoms with Gasteiger partial charge < -0.3 is 15.3 Å². The summed E-state index contributed by atoms with van der Waals surface area (Å²) >= 11 is 0. The van der Waals surface area contributed by atoms with E-state index in [1.165, 1.54) is 12.1 Å². The molecule has 0 saturated carbocycles. The zero-order valence-electron chi connectivity index (χ0n) is 13.7. The van der Waals surface area contributed by atoms with E-state index in [1.54, 1.807) is 32.0 Å². The van der Waals surface area contributed by atoms with Crippen LogP contribution in [0.1, 0.15) is 31.8 Å². The number of aryl methyl sites for hydroxylation is 2. The molecule has 0 aliphatic heterocycles. The van der Waals surface area contributed by atoms with E-state index in [0.717, 1.165) is 0 Å². The fourth-order valence-electron chi connectivity index (χ4n) is 3.02. The van der Waals surface area contributed by atoms with Gasteiger partial charge in [0.05, 0.1) is 5.56 Å². The van der Waals surface area contributed by atoms with Crippen LogP contribution in [0.15, 0.2) is 30.3 Å². The van der Waals surface area contributed by atoms with Gasteiger partial charge in [0, 0.05) is 16.5 Å². The van der Waals surface area contributed by atoms with Crippen molar-refractivity contribution < 1.29 is 24.9 Å². The molecule has 0 spiro atoms. The van der Waals surface area contributed by atoms with Gasteiger partial charge in [-0.1, -0.05) is 6.07 Å². The first-order valence-corrected chi connectivity index (χ1v) is 7.61. The number of rotatable bonds is 3. The molecular formula is C20H16O5. The van der Waals surface area contributed by atoms with Gasteiger partial charge in [0.1, 0.15) is 17.2 Å². The summed E-state index contributed by atoms with van der Waals surface area (Å²) in [6.07, 6.45) is 0.953. The molecule has 0 unspecified atom stereocenters. The molecule has 0 heterocycles. The first-order chi connectivity index (χ1) is 11.9. The van der Waals surface area contributed by atoms with Crippen molar-refractivity contribution in [3.63, 3.8) is 0 Å². The van der Waals surface area contributed by atoms with Crippen molar-refractivity contribution >= 4 is 23.3 Å². The minimum absolute atomic E-state index is 0.0219. The Balaban J connectivity index is 2.56. The highest BCUT2D eigenvalue weighted by Gasteiger charge is 2.21. The van der Waals surface area contributed by atoms with E-state index >= 15 is 0 Å². The number of aromatic hydroxyl groups is 3. The Kier molecular flexibility index (Phi) is 3.93. The van der Waals surface area contributed by atoms with Crippen LogP contribution in [0.4, 0.5) is 0 Å². The van der Waals surface area contributed by atoms with Crippen LogP contribution in [0.25, 0.3) is 21.9 Å². The van der Waals surface area contributed by atoms with E-state index in [9.17, 15) is 24.9 Å². The van der Waals surface area contributed by atoms with Crippen molar-refractivity contribution in [2.75, 3.05) is 0 Å². The Labute approximate surface area is 143 Å². The van der Waals surface area contributed by atoms with Crippen molar-refractivity contribution in [1.82, 2.24) is 0 Å². The van der Waals surface area contributed by atoms with Crippen LogP contribution in [0.5, 0.6) is 17.2 Å². The molecule has 0 aromatic heterocycles. The number of phenols is 3. The molecule has 0 saturated heterocycles. The van der Waals surface area contributed by atoms with Crippen LogP contribution in [0.2, 0.25) is 0 Å². The molecule has 0 atom stereocenters. The lowest BCUT2D eigenvalue weighted by atomic mass is 9.88. The van der Waals surface area contributed by atoms with Gasteiger partial charge in [0.25, 0.3) is 0 Å². The number of fused-ring (bicyclic) bond motifs is 1. The third kappa shape index (κ3) is 2.50. The molecule has 0 aliphatic rings. The molecule has 0 amide bonds. The number of aldehydes is 2. The summed E-state index contributed by atoms with van der Waals surface area (Å²) < 4.78 is 0. The normalized spacial score (nSPS) is 10.8. The van der Waals surface area contributed by atoms with Gasteiger partial charge in [-0.25, -0.2) is 0 Å². The summed E-state index contributed by atoms with van der Waals surface area (Å²) in [5.74, 6) is -0.253. The van der Waals surface area contributed by atoms with Gasteiger partial charge in [-0.05, 0) is 60.2 Å². The Morgan fingerprint density at radius 1 is 0.760 bits per heavy atom. The lowest BCUT2D eigenvalue weighted by molar-refractivity contribution is 0.109. The van der Waals surface area contributed by atoms with E-state index in [2.05, 4.69) is 0 Å². The average Bonchev–Trinajstić information content (AvgIpc) is 2.59. The fraction of sp³-hybridized carbons (Fsp3) is 0.100. The van der Waals surface area contributed by atoms with Gasteiger partial charge in [-0.15, -0.1) is 0 Å². The number of hydrogen-bond donors (Lipinski definition) is 3. The predicted molar refractivity (Wildman–Crippen MR) is 94.6 cm³/mol. The highest BCUT2D eigenvalue weighted by molar-refractivity contribution is 6.13. The van der Waals surface area contributed by atoms with Gasteiger partial charge in [0.2, 0.25) is 0 Å². The summed E-state index contributed by atoms with van der Waals surface area (Å²) in [5.41, 5.74) is 2.20. The molecule has 0 radical (unpaired) electrons. The molecule has 5 heteroatoms. The SMILES string of the molecule is Cc1cc(-c2c(C=O)c(C=O)c(O)c3cc(O)c(C)cc23)ccc1O. The van der Waals surface area contributed by atoms with Crippen molar-refractivity contribution in [2.24, 2.45) is 0 Å². The third-order valence-electron chi connectivity index (χ3n) is 4.40. The van der Waals surface area contributed by atoms with Crippen LogP contribution in [-0.2, 0) is 0 Å². The standard InChI is InChI=1S/C20H16O5/c1-10-5-12(3-4-17(10)23)19-13-6-11(2)18(24)7-14(13)20(25)16(9-22)15(19)8-21/h3-9,23-25H,1-2H3. The minimum Gasteiger partial charge on any atom is -0.508 e. The number of benzene rings is 3. The first-order valence-electron chi connectivity index (χ1n) is 7.61. The molecule has 126 valence electrons. The van der Waals surface area contributed by atoms with E-state index in [1.807, 2.05) is 0 Å². The molecule has 3 aromatic rings. The van der Waals surface area contributed by atoms with Crippen LogP contribution in [0, 0.1) is 13.8 Å². The van der Waals surface area contributed by atoms with Crippen molar-refractivity contribution in [1.29, 1.82) is 0 Å². The molecule has 3 aromatic carbocycles. The highest BCUT2D eigenvalue weighted by Crippen LogP contribution is 2.42. The molecule has 3 N–H and O–H groups in total. The molecule has 25 heavy (non-hydrogen) atoms. The van der Waals surface area contributed by atoms with Gasteiger partial charge in [-0.2, -0.15) is 0 Å². The van der Waals surface area contributed by atoms with E-state index in [0.29, 0.717) is 40.2 Å². The maximum atomic E-state index is 11.7. The Morgan fingerprint density at radius 3 is 2.00 bits per heavy atom. The Bertz CT molecular complexity index is 1030. The second kappa shape index (κ2) is 5.94. The van der Waals surface area contributed by atoms with E-state index in [-0.39, 0.29) is 33.8 Å². The fourth-order valence-corrected chi connectivity index (χ4v) is 3.02. The zero-order valence-corrected chi connectivity index (χ0v) is 13.7. The summed E-state index contributed by atoms with van der Waals surface area (Å²) in [6, 6.07) is 7.87. The maximum absolute atomic E-state index is 11.7. The summed E-state index contributed by atoms with van der Waals surface area (Å²) in [4.78, 5) is 23.2. The minimum atomic E-state index is -0.346. The van der Waals surface area contributed by atoms with Gasteiger partial charge in [0.15, 0.2) is 12.6 Å². The second-order valence-corrected chi connectivity index (χ2v) is 5.97. The van der Waals surface area contributed by atoms with Crippen molar-refractivity contribution in [3.8, 4) is 28.4 Å². The number of hydrogen-bond acceptors (Lipinski definition) is 5. The second-order valence-electron chi connectivity index (χ2n) is 5.97. The summed E-state index contributed by atoms with van der Waals surface area (Å²) in [6.45, 7) is 3.42. The maximum Gasteiger partial charge on any atom is 0.154 e. The van der Waals surface area contributed by atoms with Crippen LogP contribution in [0.3, 0.4) is 0 Å². The molecule has 0 fully saturated rings.